The van der Waals surface area contributed by atoms with Gasteiger partial charge in [-0.15, -0.1) is 0 Å². The maximum atomic E-state index is 14.2. The molecule has 0 bridgehead atoms. The van der Waals surface area contributed by atoms with Crippen molar-refractivity contribution in [1.29, 1.82) is 0 Å². The number of hydrogen-bond donors (Lipinski definition) is 0. The summed E-state index contributed by atoms with van der Waals surface area (Å²) in [7, 11) is 0. The third-order valence-corrected chi connectivity index (χ3v) is 3.96. The minimum absolute atomic E-state index is 0.167. The van der Waals surface area contributed by atoms with E-state index in [0.29, 0.717) is 18.4 Å². The first-order chi connectivity index (χ1) is 10.7. The summed E-state index contributed by atoms with van der Waals surface area (Å²) < 4.78 is 47.8. The molecular weight excluding hydrogens is 303 g/mol. The molecule has 1 heterocycles. The fraction of sp³-hybridized carbons (Fsp3) is 0.389. The summed E-state index contributed by atoms with van der Waals surface area (Å²) in [6.45, 7) is 5.60. The minimum atomic E-state index is -1.42. The lowest BCUT2D eigenvalue weighted by atomic mass is 9.87. The fourth-order valence-corrected chi connectivity index (χ4v) is 2.29. The topological polar surface area (TPSA) is 22.1 Å². The van der Waals surface area contributed by atoms with Crippen LogP contribution >= 0.6 is 0 Å². The summed E-state index contributed by atoms with van der Waals surface area (Å²) in [5, 5.41) is 0. The molecule has 0 amide bonds. The van der Waals surface area contributed by atoms with Crippen molar-refractivity contribution in [3.63, 3.8) is 0 Å². The number of hydrogen-bond acceptors (Lipinski definition) is 2. The van der Waals surface area contributed by atoms with Crippen LogP contribution in [-0.2, 0) is 11.1 Å². The lowest BCUT2D eigenvalue weighted by Crippen LogP contribution is -2.12. The van der Waals surface area contributed by atoms with Gasteiger partial charge in [0.15, 0.2) is 23.1 Å². The van der Waals surface area contributed by atoms with Crippen LogP contribution in [0.3, 0.4) is 0 Å². The number of nitrogens with zero attached hydrogens (tertiary/aromatic N) is 1. The minimum Gasteiger partial charge on any atom is -0.451 e. The average molecular weight is 321 g/mol. The normalized spacial score (nSPS) is 16.3. The molecule has 1 aliphatic carbocycles. The van der Waals surface area contributed by atoms with Crippen LogP contribution in [0.5, 0.6) is 11.5 Å². The number of pyridine rings is 1. The zero-order chi connectivity index (χ0) is 16.8. The Hall–Kier alpha value is -2.04. The smallest absolute Gasteiger partial charge is 0.198 e. The molecule has 0 radical (unpaired) electrons. The summed E-state index contributed by atoms with van der Waals surface area (Å²) in [5.74, 6) is -1.89. The molecule has 1 aliphatic rings. The van der Waals surface area contributed by atoms with Crippen molar-refractivity contribution in [2.75, 3.05) is 0 Å². The Kier molecular flexibility index (Phi) is 3.62. The van der Waals surface area contributed by atoms with E-state index in [0.717, 1.165) is 0 Å². The molecule has 5 heteroatoms. The molecule has 0 aliphatic heterocycles. The van der Waals surface area contributed by atoms with Crippen molar-refractivity contribution in [2.45, 2.75) is 44.7 Å². The molecule has 1 fully saturated rings. The summed E-state index contributed by atoms with van der Waals surface area (Å²) >= 11 is 0. The van der Waals surface area contributed by atoms with Crippen LogP contribution in [0.4, 0.5) is 13.2 Å². The van der Waals surface area contributed by atoms with Crippen LogP contribution in [0.25, 0.3) is 0 Å². The van der Waals surface area contributed by atoms with Crippen molar-refractivity contribution >= 4 is 0 Å². The van der Waals surface area contributed by atoms with E-state index < -0.39 is 23.1 Å². The standard InChI is InChI=1S/C18H18F3NO/c1-17(2,3)11-8-13(19)16(14(20)9-11)23-12-4-7-22-15(10-12)18(21)5-6-18/h4,7-10H,5-6H2,1-3H3. The van der Waals surface area contributed by atoms with Crippen molar-refractivity contribution in [3.8, 4) is 11.5 Å². The molecule has 0 unspecified atom stereocenters. The molecule has 0 spiro atoms. The highest BCUT2D eigenvalue weighted by Crippen LogP contribution is 2.49. The van der Waals surface area contributed by atoms with Gasteiger partial charge in [-0.05, 0) is 42.0 Å². The van der Waals surface area contributed by atoms with Gasteiger partial charge in [-0.25, -0.2) is 13.2 Å². The Morgan fingerprint density at radius 3 is 2.22 bits per heavy atom. The SMILES string of the molecule is CC(C)(C)c1cc(F)c(Oc2ccnc(C3(F)CC3)c2)c(F)c1. The van der Waals surface area contributed by atoms with Gasteiger partial charge in [0.2, 0.25) is 0 Å². The summed E-state index contributed by atoms with van der Waals surface area (Å²) in [6, 6.07) is 5.37. The van der Waals surface area contributed by atoms with Crippen molar-refractivity contribution < 1.29 is 17.9 Å². The van der Waals surface area contributed by atoms with Gasteiger partial charge in [-0.2, -0.15) is 0 Å². The monoisotopic (exact) mass is 321 g/mol. The van der Waals surface area contributed by atoms with Gasteiger partial charge in [0.05, 0.1) is 5.69 Å². The second-order valence-corrected chi connectivity index (χ2v) is 6.96. The number of benzene rings is 1. The zero-order valence-electron chi connectivity index (χ0n) is 13.3. The van der Waals surface area contributed by atoms with Gasteiger partial charge in [-0.3, -0.25) is 4.98 Å². The van der Waals surface area contributed by atoms with Crippen LogP contribution in [-0.4, -0.2) is 4.98 Å². The highest BCUT2D eigenvalue weighted by atomic mass is 19.1. The van der Waals surface area contributed by atoms with Gasteiger partial charge in [0.1, 0.15) is 5.75 Å². The van der Waals surface area contributed by atoms with Gasteiger partial charge >= 0.3 is 0 Å². The van der Waals surface area contributed by atoms with E-state index in [9.17, 15) is 13.2 Å². The molecule has 0 saturated heterocycles. The summed E-state index contributed by atoms with van der Waals surface area (Å²) in [6.07, 6.45) is 2.20. The quantitative estimate of drug-likeness (QED) is 0.754. The molecule has 2 nitrogen and oxygen atoms in total. The van der Waals surface area contributed by atoms with Gasteiger partial charge in [0, 0.05) is 12.3 Å². The second-order valence-electron chi connectivity index (χ2n) is 6.96. The third kappa shape index (κ3) is 3.19. The van der Waals surface area contributed by atoms with Crippen molar-refractivity contribution in [1.82, 2.24) is 4.98 Å². The van der Waals surface area contributed by atoms with Crippen LogP contribution in [0.1, 0.15) is 44.9 Å². The van der Waals surface area contributed by atoms with Crippen molar-refractivity contribution in [2.24, 2.45) is 0 Å². The summed E-state index contributed by atoms with van der Waals surface area (Å²) in [4.78, 5) is 3.96. The van der Waals surface area contributed by atoms with Gasteiger partial charge in [0.25, 0.3) is 0 Å². The first-order valence-corrected chi connectivity index (χ1v) is 7.52. The second kappa shape index (κ2) is 5.25. The molecule has 23 heavy (non-hydrogen) atoms. The van der Waals surface area contributed by atoms with E-state index in [1.54, 1.807) is 0 Å². The average Bonchev–Trinajstić information content (AvgIpc) is 3.21. The number of alkyl halides is 1. The predicted octanol–water partition coefficient (Wildman–Crippen LogP) is 5.41. The molecule has 0 N–H and O–H groups in total. The van der Waals surface area contributed by atoms with E-state index in [-0.39, 0.29) is 16.9 Å². The van der Waals surface area contributed by atoms with E-state index in [1.807, 2.05) is 20.8 Å². The van der Waals surface area contributed by atoms with E-state index in [1.165, 1.54) is 30.5 Å². The van der Waals surface area contributed by atoms with Crippen LogP contribution in [0.2, 0.25) is 0 Å². The highest BCUT2D eigenvalue weighted by Gasteiger charge is 2.46. The van der Waals surface area contributed by atoms with E-state index >= 15 is 0 Å². The van der Waals surface area contributed by atoms with E-state index in [4.69, 9.17) is 4.74 Å². The van der Waals surface area contributed by atoms with Gasteiger partial charge in [-0.1, -0.05) is 20.8 Å². The molecule has 122 valence electrons. The maximum absolute atomic E-state index is 14.2. The van der Waals surface area contributed by atoms with Gasteiger partial charge < -0.3 is 4.74 Å². The lowest BCUT2D eigenvalue weighted by molar-refractivity contribution is 0.307. The highest BCUT2D eigenvalue weighted by molar-refractivity contribution is 5.39. The molecule has 2 aromatic rings. The first kappa shape index (κ1) is 15.8. The van der Waals surface area contributed by atoms with Crippen molar-refractivity contribution in [3.05, 3.63) is 53.4 Å². The Balaban J connectivity index is 1.92. The third-order valence-electron chi connectivity index (χ3n) is 3.96. The van der Waals surface area contributed by atoms with Crippen LogP contribution in [0.15, 0.2) is 30.5 Å². The Bertz CT molecular complexity index is 725. The molecular formula is C18H18F3NO. The number of aromatic nitrogens is 1. The molecule has 0 atom stereocenters. The molecule has 3 rings (SSSR count). The summed E-state index contributed by atoms with van der Waals surface area (Å²) in [5.41, 5.74) is -1.03. The maximum Gasteiger partial charge on any atom is 0.198 e. The molecule has 1 saturated carbocycles. The Morgan fingerprint density at radius 2 is 1.70 bits per heavy atom. The Morgan fingerprint density at radius 1 is 1.09 bits per heavy atom. The zero-order valence-corrected chi connectivity index (χ0v) is 13.3. The largest absolute Gasteiger partial charge is 0.451 e. The number of ether oxygens (including phenoxy) is 1. The van der Waals surface area contributed by atoms with Crippen LogP contribution < -0.4 is 4.74 Å². The number of halogens is 3. The number of rotatable bonds is 3. The Labute approximate surface area is 133 Å². The molecule has 1 aromatic heterocycles. The predicted molar refractivity (Wildman–Crippen MR) is 81.4 cm³/mol. The first-order valence-electron chi connectivity index (χ1n) is 7.52. The van der Waals surface area contributed by atoms with E-state index in [2.05, 4.69) is 4.98 Å². The lowest BCUT2D eigenvalue weighted by Gasteiger charge is -2.20. The fourth-order valence-electron chi connectivity index (χ4n) is 2.29. The van der Waals surface area contributed by atoms with Crippen LogP contribution in [0, 0.1) is 11.6 Å². The molecule has 1 aromatic carbocycles.